The van der Waals surface area contributed by atoms with Crippen LogP contribution in [-0.4, -0.2) is 10.2 Å². The number of aromatic nitrogens is 2. The average molecular weight is 210 g/mol. The molecule has 1 aromatic carbocycles. The third kappa shape index (κ3) is 1.52. The molecule has 0 fully saturated rings. The molecule has 78 valence electrons. The number of rotatable bonds is 2. The summed E-state index contributed by atoms with van der Waals surface area (Å²) in [4.78, 5) is 0. The molecule has 0 saturated heterocycles. The van der Waals surface area contributed by atoms with Crippen LogP contribution in [0.4, 0.5) is 0 Å². The quantitative estimate of drug-likeness (QED) is 0.704. The van der Waals surface area contributed by atoms with Crippen molar-refractivity contribution in [2.45, 2.75) is 0 Å². The van der Waals surface area contributed by atoms with Crippen molar-refractivity contribution in [3.05, 3.63) is 54.1 Å². The maximum atomic E-state index is 5.22. The summed E-state index contributed by atoms with van der Waals surface area (Å²) >= 11 is 0. The summed E-state index contributed by atoms with van der Waals surface area (Å²) in [7, 11) is 0. The summed E-state index contributed by atoms with van der Waals surface area (Å²) in [5, 5.41) is 8.34. The van der Waals surface area contributed by atoms with Gasteiger partial charge in [0.2, 0.25) is 0 Å². The van der Waals surface area contributed by atoms with Crippen LogP contribution in [0.5, 0.6) is 0 Å². The van der Waals surface area contributed by atoms with Gasteiger partial charge in [0.25, 0.3) is 0 Å². The van der Waals surface area contributed by atoms with E-state index in [9.17, 15) is 0 Å². The van der Waals surface area contributed by atoms with Crippen LogP contribution >= 0.6 is 0 Å². The summed E-state index contributed by atoms with van der Waals surface area (Å²) < 4.78 is 5.22. The van der Waals surface area contributed by atoms with Gasteiger partial charge in [0.05, 0.1) is 17.5 Å². The fourth-order valence-corrected chi connectivity index (χ4v) is 1.66. The highest BCUT2D eigenvalue weighted by Crippen LogP contribution is 2.17. The molecule has 0 atom stereocenters. The Balaban J connectivity index is 2.01. The van der Waals surface area contributed by atoms with Gasteiger partial charge in [-0.2, -0.15) is 5.10 Å². The number of benzene rings is 1. The van der Waals surface area contributed by atoms with Gasteiger partial charge in [-0.1, -0.05) is 18.2 Å². The van der Waals surface area contributed by atoms with Gasteiger partial charge >= 0.3 is 0 Å². The number of para-hydroxylation sites is 1. The fourth-order valence-electron chi connectivity index (χ4n) is 1.66. The molecule has 0 aliphatic carbocycles. The minimum Gasteiger partial charge on any atom is -0.465 e. The second-order valence-corrected chi connectivity index (χ2v) is 3.50. The molecule has 0 amide bonds. The number of aromatic amines is 1. The molecule has 0 spiro atoms. The zero-order valence-corrected chi connectivity index (χ0v) is 8.55. The molecule has 0 bridgehead atoms. The molecule has 16 heavy (non-hydrogen) atoms. The molecular weight excluding hydrogens is 200 g/mol. The smallest absolute Gasteiger partial charge is 0.126 e. The number of H-pyrrole nitrogens is 1. The lowest BCUT2D eigenvalue weighted by Crippen LogP contribution is -1.71. The maximum Gasteiger partial charge on any atom is 0.126 e. The predicted octanol–water partition coefficient (Wildman–Crippen LogP) is 3.33. The van der Waals surface area contributed by atoms with E-state index in [-0.39, 0.29) is 0 Å². The normalized spacial score (nSPS) is 11.5. The van der Waals surface area contributed by atoms with Crippen molar-refractivity contribution < 1.29 is 4.42 Å². The van der Waals surface area contributed by atoms with Crippen LogP contribution in [0.2, 0.25) is 0 Å². The lowest BCUT2D eigenvalue weighted by molar-refractivity contribution is 0.557. The van der Waals surface area contributed by atoms with Crippen LogP contribution in [0.25, 0.3) is 23.1 Å². The van der Waals surface area contributed by atoms with Crippen molar-refractivity contribution in [1.82, 2.24) is 10.2 Å². The number of nitrogens with zero attached hydrogens (tertiary/aromatic N) is 1. The van der Waals surface area contributed by atoms with Gasteiger partial charge in [-0.15, -0.1) is 0 Å². The van der Waals surface area contributed by atoms with Gasteiger partial charge < -0.3 is 4.42 Å². The van der Waals surface area contributed by atoms with E-state index >= 15 is 0 Å². The monoisotopic (exact) mass is 210 g/mol. The Morgan fingerprint density at radius 1 is 1.06 bits per heavy atom. The van der Waals surface area contributed by atoms with Crippen LogP contribution in [0.3, 0.4) is 0 Å². The minimum atomic E-state index is 0.826. The summed E-state index contributed by atoms with van der Waals surface area (Å²) in [5.74, 6) is 0.826. The van der Waals surface area contributed by atoms with Crippen LogP contribution < -0.4 is 0 Å². The largest absolute Gasteiger partial charge is 0.465 e. The third-order valence-corrected chi connectivity index (χ3v) is 2.45. The van der Waals surface area contributed by atoms with Gasteiger partial charge in [-0.3, -0.25) is 5.10 Å². The number of hydrogen-bond donors (Lipinski definition) is 1. The first-order valence-electron chi connectivity index (χ1n) is 5.08. The Labute approximate surface area is 92.4 Å². The summed E-state index contributed by atoms with van der Waals surface area (Å²) in [5.41, 5.74) is 1.97. The molecule has 0 aliphatic heterocycles. The lowest BCUT2D eigenvalue weighted by atomic mass is 10.2. The Hall–Kier alpha value is -2.29. The molecule has 2 heterocycles. The molecule has 0 saturated carbocycles. The fraction of sp³-hybridized carbons (Fsp3) is 0. The summed E-state index contributed by atoms with van der Waals surface area (Å²) in [6, 6.07) is 11.8. The SMILES string of the molecule is C(=Cc1n[nH]c2ccccc12)c1ccco1. The van der Waals surface area contributed by atoms with Crippen molar-refractivity contribution in [2.75, 3.05) is 0 Å². The topological polar surface area (TPSA) is 41.8 Å². The standard InChI is InChI=1S/C13H10N2O/c1-2-6-12-11(5-1)13(15-14-12)8-7-10-4-3-9-16-10/h1-9H,(H,14,15). The first-order valence-corrected chi connectivity index (χ1v) is 5.08. The number of nitrogens with one attached hydrogen (secondary N) is 1. The molecule has 2 aromatic heterocycles. The summed E-state index contributed by atoms with van der Waals surface area (Å²) in [6.45, 7) is 0. The molecular formula is C13H10N2O. The van der Waals surface area contributed by atoms with Crippen molar-refractivity contribution >= 4 is 23.1 Å². The van der Waals surface area contributed by atoms with E-state index < -0.39 is 0 Å². The molecule has 1 N–H and O–H groups in total. The van der Waals surface area contributed by atoms with E-state index in [1.165, 1.54) is 0 Å². The van der Waals surface area contributed by atoms with Crippen LogP contribution in [0.1, 0.15) is 11.5 Å². The lowest BCUT2D eigenvalue weighted by Gasteiger charge is -1.88. The predicted molar refractivity (Wildman–Crippen MR) is 63.7 cm³/mol. The van der Waals surface area contributed by atoms with Crippen molar-refractivity contribution in [3.63, 3.8) is 0 Å². The van der Waals surface area contributed by atoms with E-state index in [0.717, 1.165) is 22.4 Å². The first-order chi connectivity index (χ1) is 7.93. The Morgan fingerprint density at radius 2 is 2.00 bits per heavy atom. The van der Waals surface area contributed by atoms with Gasteiger partial charge in [-0.05, 0) is 30.4 Å². The number of fused-ring (bicyclic) bond motifs is 1. The number of furan rings is 1. The Morgan fingerprint density at radius 3 is 2.88 bits per heavy atom. The average Bonchev–Trinajstić information content (AvgIpc) is 2.96. The van der Waals surface area contributed by atoms with Gasteiger partial charge in [0.15, 0.2) is 0 Å². The van der Waals surface area contributed by atoms with Crippen molar-refractivity contribution in [2.24, 2.45) is 0 Å². The molecule has 0 unspecified atom stereocenters. The molecule has 3 aromatic rings. The summed E-state index contributed by atoms with van der Waals surface area (Å²) in [6.07, 6.45) is 5.50. The maximum absolute atomic E-state index is 5.22. The van der Waals surface area contributed by atoms with Gasteiger partial charge in [0.1, 0.15) is 5.76 Å². The van der Waals surface area contributed by atoms with E-state index in [2.05, 4.69) is 10.2 Å². The second-order valence-electron chi connectivity index (χ2n) is 3.50. The van der Waals surface area contributed by atoms with Crippen molar-refractivity contribution in [3.8, 4) is 0 Å². The van der Waals surface area contributed by atoms with Crippen LogP contribution in [0.15, 0.2) is 47.1 Å². The molecule has 3 rings (SSSR count). The van der Waals surface area contributed by atoms with Crippen molar-refractivity contribution in [1.29, 1.82) is 0 Å². The minimum absolute atomic E-state index is 0.826. The Bertz CT molecular complexity index is 620. The number of hydrogen-bond acceptors (Lipinski definition) is 2. The highest BCUT2D eigenvalue weighted by atomic mass is 16.3. The van der Waals surface area contributed by atoms with E-state index in [4.69, 9.17) is 4.42 Å². The van der Waals surface area contributed by atoms with E-state index in [0.29, 0.717) is 0 Å². The highest BCUT2D eigenvalue weighted by molar-refractivity contribution is 5.88. The van der Waals surface area contributed by atoms with Crippen LogP contribution in [0, 0.1) is 0 Å². The first kappa shape index (κ1) is 8.97. The van der Waals surface area contributed by atoms with E-state index in [1.54, 1.807) is 6.26 Å². The third-order valence-electron chi connectivity index (χ3n) is 2.45. The van der Waals surface area contributed by atoms with Crippen LogP contribution in [-0.2, 0) is 0 Å². The van der Waals surface area contributed by atoms with Gasteiger partial charge in [-0.25, -0.2) is 0 Å². The molecule has 3 nitrogen and oxygen atoms in total. The zero-order chi connectivity index (χ0) is 10.8. The van der Waals surface area contributed by atoms with Gasteiger partial charge in [0, 0.05) is 5.39 Å². The molecule has 3 heteroatoms. The Kier molecular flexibility index (Phi) is 2.07. The van der Waals surface area contributed by atoms with E-state index in [1.807, 2.05) is 48.6 Å². The highest BCUT2D eigenvalue weighted by Gasteiger charge is 2.00. The second kappa shape index (κ2) is 3.70. The molecule has 0 aliphatic rings. The zero-order valence-electron chi connectivity index (χ0n) is 8.55. The molecule has 0 radical (unpaired) electrons.